The van der Waals surface area contributed by atoms with E-state index in [-0.39, 0.29) is 22.4 Å². The molecule has 2 aromatic rings. The molecule has 0 aromatic heterocycles. The van der Waals surface area contributed by atoms with E-state index in [1.807, 2.05) is 30.6 Å². The maximum absolute atomic E-state index is 12.9. The predicted octanol–water partition coefficient (Wildman–Crippen LogP) is 3.30. The van der Waals surface area contributed by atoms with Crippen molar-refractivity contribution >= 4 is 33.5 Å². The van der Waals surface area contributed by atoms with Crippen LogP contribution < -0.4 is 9.73 Å². The topological polar surface area (TPSA) is 125 Å². The third-order valence-corrected chi connectivity index (χ3v) is 7.35. The van der Waals surface area contributed by atoms with Crippen molar-refractivity contribution in [3.05, 3.63) is 63.7 Å². The molecule has 0 saturated carbocycles. The van der Waals surface area contributed by atoms with E-state index in [1.165, 1.54) is 30.5 Å². The summed E-state index contributed by atoms with van der Waals surface area (Å²) in [4.78, 5) is 29.8. The summed E-state index contributed by atoms with van der Waals surface area (Å²) in [6.45, 7) is 8.19. The van der Waals surface area contributed by atoms with E-state index in [1.54, 1.807) is 18.2 Å². The molecular formula is C24H31N5O5S. The Kier molecular flexibility index (Phi) is 8.44. The van der Waals surface area contributed by atoms with E-state index >= 15 is 0 Å². The molecule has 1 atom stereocenters. The average Bonchev–Trinajstić information content (AvgIpc) is 2.85. The predicted molar refractivity (Wildman–Crippen MR) is 135 cm³/mol. The van der Waals surface area contributed by atoms with Crippen molar-refractivity contribution in [3.63, 3.8) is 0 Å². The van der Waals surface area contributed by atoms with Crippen molar-refractivity contribution in [2.24, 2.45) is 11.0 Å². The minimum atomic E-state index is -3.89. The van der Waals surface area contributed by atoms with Crippen LogP contribution in [-0.2, 0) is 14.8 Å². The number of aryl methyl sites for hydroxylation is 1. The number of carbonyl (C=O) groups excluding carboxylic acids is 1. The van der Waals surface area contributed by atoms with Crippen LogP contribution >= 0.6 is 0 Å². The Bertz CT molecular complexity index is 1190. The number of hydrogen-bond donors (Lipinski definition) is 1. The number of hydrogen-bond acceptors (Lipinski definition) is 7. The highest BCUT2D eigenvalue weighted by Gasteiger charge is 2.29. The van der Waals surface area contributed by atoms with Crippen LogP contribution in [0.5, 0.6) is 0 Å². The molecular weight excluding hydrogens is 470 g/mol. The zero-order chi connectivity index (χ0) is 25.6. The van der Waals surface area contributed by atoms with Crippen molar-refractivity contribution < 1.29 is 18.1 Å². The van der Waals surface area contributed by atoms with Crippen LogP contribution in [0.3, 0.4) is 0 Å². The highest BCUT2D eigenvalue weighted by atomic mass is 32.2. The quantitative estimate of drug-likeness (QED) is 0.319. The summed E-state index contributed by atoms with van der Waals surface area (Å²) in [5, 5.41) is 15.2. The molecule has 3 rings (SSSR count). The first-order valence-corrected chi connectivity index (χ1v) is 13.1. The molecule has 0 unspecified atom stereocenters. The van der Waals surface area contributed by atoms with Crippen LogP contribution in [-0.4, -0.2) is 56.5 Å². The maximum Gasteiger partial charge on any atom is 0.276 e. The van der Waals surface area contributed by atoms with Gasteiger partial charge in [-0.15, -0.1) is 0 Å². The summed E-state index contributed by atoms with van der Waals surface area (Å²) in [6, 6.07) is 10.7. The van der Waals surface area contributed by atoms with Gasteiger partial charge in [0.1, 0.15) is 0 Å². The maximum atomic E-state index is 12.9. The van der Waals surface area contributed by atoms with Gasteiger partial charge in [0, 0.05) is 49.6 Å². The summed E-state index contributed by atoms with van der Waals surface area (Å²) in [7, 11) is -3.89. The normalized spacial score (nSPS) is 16.3. The van der Waals surface area contributed by atoms with Gasteiger partial charge in [0.05, 0.1) is 22.0 Å². The first-order valence-electron chi connectivity index (χ1n) is 11.6. The largest absolute Gasteiger partial charge is 0.370 e. The Morgan fingerprint density at radius 1 is 1.23 bits per heavy atom. The molecule has 0 bridgehead atoms. The van der Waals surface area contributed by atoms with E-state index < -0.39 is 14.9 Å². The molecule has 0 spiro atoms. The summed E-state index contributed by atoms with van der Waals surface area (Å²) in [5.41, 5.74) is 1.84. The highest BCUT2D eigenvalue weighted by Crippen LogP contribution is 2.29. The number of nitro groups is 1. The van der Waals surface area contributed by atoms with Gasteiger partial charge < -0.3 is 9.80 Å². The van der Waals surface area contributed by atoms with Crippen molar-refractivity contribution in [2.75, 3.05) is 31.1 Å². The number of benzene rings is 2. The van der Waals surface area contributed by atoms with Crippen molar-refractivity contribution in [1.29, 1.82) is 0 Å². The van der Waals surface area contributed by atoms with Gasteiger partial charge in [-0.05, 0) is 51.8 Å². The smallest absolute Gasteiger partial charge is 0.276 e. The van der Waals surface area contributed by atoms with Crippen LogP contribution in [0, 0.1) is 23.0 Å². The molecule has 1 saturated heterocycles. The third kappa shape index (κ3) is 6.36. The van der Waals surface area contributed by atoms with Gasteiger partial charge in [-0.3, -0.25) is 14.9 Å². The van der Waals surface area contributed by atoms with Gasteiger partial charge in [-0.25, -0.2) is 4.83 Å². The van der Waals surface area contributed by atoms with Crippen LogP contribution in [0.1, 0.15) is 37.8 Å². The summed E-state index contributed by atoms with van der Waals surface area (Å²) in [5.74, 6) is -0.0774. The monoisotopic (exact) mass is 501 g/mol. The Labute approximate surface area is 205 Å². The number of carbonyl (C=O) groups is 1. The summed E-state index contributed by atoms with van der Waals surface area (Å²) >= 11 is 0. The second kappa shape index (κ2) is 11.3. The molecule has 35 heavy (non-hydrogen) atoms. The van der Waals surface area contributed by atoms with E-state index in [4.69, 9.17) is 0 Å². The second-order valence-electron chi connectivity index (χ2n) is 8.46. The fourth-order valence-electron chi connectivity index (χ4n) is 4.17. The minimum Gasteiger partial charge on any atom is -0.370 e. The average molecular weight is 502 g/mol. The number of rotatable bonds is 9. The molecule has 188 valence electrons. The third-order valence-electron chi connectivity index (χ3n) is 6.12. The fourth-order valence-corrected chi connectivity index (χ4v) is 4.96. The van der Waals surface area contributed by atoms with Crippen LogP contribution in [0.25, 0.3) is 0 Å². The van der Waals surface area contributed by atoms with Crippen LogP contribution in [0.4, 0.5) is 11.4 Å². The Morgan fingerprint density at radius 2 is 1.91 bits per heavy atom. The second-order valence-corrected chi connectivity index (χ2v) is 10.1. The lowest BCUT2D eigenvalue weighted by atomic mass is 9.95. The zero-order valence-electron chi connectivity index (χ0n) is 20.2. The van der Waals surface area contributed by atoms with Gasteiger partial charge in [-0.1, -0.05) is 17.7 Å². The van der Waals surface area contributed by atoms with Crippen molar-refractivity contribution in [3.8, 4) is 0 Å². The molecule has 1 fully saturated rings. The number of non-ortho nitro benzene ring substituents is 1. The van der Waals surface area contributed by atoms with E-state index in [9.17, 15) is 23.3 Å². The Balaban J connectivity index is 1.86. The number of hydrazone groups is 1. The van der Waals surface area contributed by atoms with Crippen molar-refractivity contribution in [2.45, 2.75) is 38.5 Å². The molecule has 1 amide bonds. The van der Waals surface area contributed by atoms with E-state index in [2.05, 4.69) is 9.93 Å². The van der Waals surface area contributed by atoms with Gasteiger partial charge in [0.15, 0.2) is 0 Å². The fraction of sp³-hybridized carbons (Fsp3) is 0.417. The van der Waals surface area contributed by atoms with Crippen molar-refractivity contribution in [1.82, 2.24) is 9.73 Å². The number of sulfonamides is 1. The molecule has 11 heteroatoms. The number of piperidine rings is 1. The molecule has 2 aromatic carbocycles. The SMILES string of the molecule is CCN(CC)C(=O)[C@@H]1CCCN(c2ccc([N+](=O)[O-])cc2/C=N\NS(=O)(=O)c2ccc(C)cc2)C1. The molecule has 0 radical (unpaired) electrons. The summed E-state index contributed by atoms with van der Waals surface area (Å²) in [6.07, 6.45) is 2.84. The lowest BCUT2D eigenvalue weighted by molar-refractivity contribution is -0.384. The highest BCUT2D eigenvalue weighted by molar-refractivity contribution is 7.89. The number of nitrogens with zero attached hydrogens (tertiary/aromatic N) is 4. The van der Waals surface area contributed by atoms with Gasteiger partial charge in [0.25, 0.3) is 15.7 Å². The minimum absolute atomic E-state index is 0.0632. The van der Waals surface area contributed by atoms with E-state index in [0.29, 0.717) is 37.4 Å². The first-order chi connectivity index (χ1) is 16.7. The molecule has 1 N–H and O–H groups in total. The van der Waals surface area contributed by atoms with Crippen LogP contribution in [0.2, 0.25) is 0 Å². The number of anilines is 1. The molecule has 1 heterocycles. The van der Waals surface area contributed by atoms with Gasteiger partial charge in [-0.2, -0.15) is 13.5 Å². The summed E-state index contributed by atoms with van der Waals surface area (Å²) < 4.78 is 25.1. The molecule has 0 aliphatic carbocycles. The number of nitrogens with one attached hydrogen (secondary N) is 1. The van der Waals surface area contributed by atoms with Gasteiger partial charge in [0.2, 0.25) is 5.91 Å². The Hall–Kier alpha value is -3.47. The Morgan fingerprint density at radius 3 is 2.54 bits per heavy atom. The molecule has 1 aliphatic rings. The standard InChI is InChI=1S/C24H31N5O5S/c1-4-27(5-2)24(30)19-7-6-14-28(17-19)23-13-10-21(29(31)32)15-20(23)16-25-26-35(33,34)22-11-8-18(3)9-12-22/h8-13,15-16,19,26H,4-7,14,17H2,1-3H3/b25-16-/t19-/m1/s1. The van der Waals surface area contributed by atoms with Crippen LogP contribution in [0.15, 0.2) is 52.5 Å². The number of nitro benzene ring substituents is 1. The van der Waals surface area contributed by atoms with E-state index in [0.717, 1.165) is 18.4 Å². The number of amides is 1. The first kappa shape index (κ1) is 26.1. The molecule has 10 nitrogen and oxygen atoms in total. The lowest BCUT2D eigenvalue weighted by Crippen LogP contribution is -2.45. The zero-order valence-corrected chi connectivity index (χ0v) is 21.0. The lowest BCUT2D eigenvalue weighted by Gasteiger charge is -2.36. The molecule has 1 aliphatic heterocycles. The van der Waals surface area contributed by atoms with Gasteiger partial charge >= 0.3 is 0 Å².